The van der Waals surface area contributed by atoms with Crippen LogP contribution in [0.4, 0.5) is 0 Å². The molecular formula is C28H43NO2. The molecule has 1 aliphatic heterocycles. The van der Waals surface area contributed by atoms with Gasteiger partial charge in [-0.15, -0.1) is 0 Å². The van der Waals surface area contributed by atoms with Gasteiger partial charge >= 0.3 is 0 Å². The summed E-state index contributed by atoms with van der Waals surface area (Å²) in [6.45, 7) is 11.9. The van der Waals surface area contributed by atoms with Gasteiger partial charge in [-0.05, 0) is 49.7 Å². The standard InChI is InChI=1S/C28H43NO2/c1-21(2)11-8-12-22(3)13-9-14-23(4)15-10-16-24(5)19-20-29-27(30)25-17-6-7-18-26(25)28(29)31/h6-7,17-19,21-23H,8-16,20H2,1-5H3/b24-19+. The van der Waals surface area contributed by atoms with Crippen molar-refractivity contribution in [3.8, 4) is 0 Å². The molecule has 2 unspecified atom stereocenters. The fourth-order valence-electron chi connectivity index (χ4n) is 4.46. The number of nitrogens with zero attached hydrogens (tertiary/aromatic N) is 1. The molecule has 2 amide bonds. The molecule has 0 fully saturated rings. The van der Waals surface area contributed by atoms with E-state index in [1.807, 2.05) is 18.2 Å². The van der Waals surface area contributed by atoms with Gasteiger partial charge in [0, 0.05) is 6.54 Å². The highest BCUT2D eigenvalue weighted by atomic mass is 16.2. The number of imide groups is 1. The highest BCUT2D eigenvalue weighted by Gasteiger charge is 2.34. The van der Waals surface area contributed by atoms with Gasteiger partial charge in [0.25, 0.3) is 11.8 Å². The van der Waals surface area contributed by atoms with Crippen LogP contribution in [-0.2, 0) is 0 Å². The molecule has 0 bridgehead atoms. The molecule has 0 aliphatic carbocycles. The summed E-state index contributed by atoms with van der Waals surface area (Å²) >= 11 is 0. The lowest BCUT2D eigenvalue weighted by molar-refractivity contribution is 0.0671. The van der Waals surface area contributed by atoms with Gasteiger partial charge in [0.15, 0.2) is 0 Å². The van der Waals surface area contributed by atoms with E-state index in [0.29, 0.717) is 17.7 Å². The maximum absolute atomic E-state index is 12.4. The number of fused-ring (bicyclic) bond motifs is 1. The molecule has 31 heavy (non-hydrogen) atoms. The van der Waals surface area contributed by atoms with Gasteiger partial charge in [-0.3, -0.25) is 14.5 Å². The topological polar surface area (TPSA) is 37.4 Å². The van der Waals surface area contributed by atoms with Gasteiger partial charge in [-0.2, -0.15) is 0 Å². The zero-order valence-corrected chi connectivity index (χ0v) is 20.5. The summed E-state index contributed by atoms with van der Waals surface area (Å²) in [6, 6.07) is 7.09. The van der Waals surface area contributed by atoms with Crippen LogP contribution in [0.15, 0.2) is 35.9 Å². The molecule has 1 aromatic carbocycles. The van der Waals surface area contributed by atoms with E-state index in [0.717, 1.165) is 24.2 Å². The van der Waals surface area contributed by atoms with Crippen molar-refractivity contribution >= 4 is 11.8 Å². The van der Waals surface area contributed by atoms with Crippen molar-refractivity contribution in [2.45, 2.75) is 92.4 Å². The Balaban J connectivity index is 1.61. The van der Waals surface area contributed by atoms with E-state index in [4.69, 9.17) is 0 Å². The number of amides is 2. The van der Waals surface area contributed by atoms with Crippen molar-refractivity contribution in [3.05, 3.63) is 47.0 Å². The molecular weight excluding hydrogens is 382 g/mol. The van der Waals surface area contributed by atoms with Crippen molar-refractivity contribution in [1.29, 1.82) is 0 Å². The molecule has 1 heterocycles. The number of hydrogen-bond acceptors (Lipinski definition) is 2. The zero-order valence-electron chi connectivity index (χ0n) is 20.5. The predicted molar refractivity (Wildman–Crippen MR) is 130 cm³/mol. The molecule has 2 rings (SSSR count). The van der Waals surface area contributed by atoms with Crippen LogP contribution < -0.4 is 0 Å². The lowest BCUT2D eigenvalue weighted by Gasteiger charge is -2.15. The highest BCUT2D eigenvalue weighted by molar-refractivity contribution is 6.21. The molecule has 0 aromatic heterocycles. The van der Waals surface area contributed by atoms with Crippen molar-refractivity contribution in [1.82, 2.24) is 4.90 Å². The Hall–Kier alpha value is -1.90. The third-order valence-corrected chi connectivity index (χ3v) is 6.64. The number of rotatable bonds is 14. The molecule has 0 saturated carbocycles. The molecule has 2 atom stereocenters. The zero-order chi connectivity index (χ0) is 22.8. The fraction of sp³-hybridized carbons (Fsp3) is 0.643. The number of carbonyl (C=O) groups excluding carboxylic acids is 2. The second-order valence-corrected chi connectivity index (χ2v) is 10.2. The predicted octanol–water partition coefficient (Wildman–Crippen LogP) is 7.67. The van der Waals surface area contributed by atoms with Crippen LogP contribution in [0.25, 0.3) is 0 Å². The maximum Gasteiger partial charge on any atom is 0.261 e. The van der Waals surface area contributed by atoms with Gasteiger partial charge in [-0.1, -0.05) is 96.4 Å². The average molecular weight is 426 g/mol. The Morgan fingerprint density at radius 1 is 0.806 bits per heavy atom. The highest BCUT2D eigenvalue weighted by Crippen LogP contribution is 2.24. The number of allylic oxidation sites excluding steroid dienone is 1. The molecule has 0 spiro atoms. The lowest BCUT2D eigenvalue weighted by Crippen LogP contribution is -2.29. The molecule has 0 N–H and O–H groups in total. The Morgan fingerprint density at radius 3 is 1.81 bits per heavy atom. The first-order chi connectivity index (χ1) is 14.8. The second-order valence-electron chi connectivity index (χ2n) is 10.2. The third-order valence-electron chi connectivity index (χ3n) is 6.64. The summed E-state index contributed by atoms with van der Waals surface area (Å²) in [5.41, 5.74) is 2.32. The van der Waals surface area contributed by atoms with Crippen molar-refractivity contribution in [2.75, 3.05) is 6.54 Å². The van der Waals surface area contributed by atoms with Crippen molar-refractivity contribution in [3.63, 3.8) is 0 Å². The Morgan fingerprint density at radius 2 is 1.29 bits per heavy atom. The molecule has 172 valence electrons. The van der Waals surface area contributed by atoms with Gasteiger partial charge < -0.3 is 0 Å². The Labute approximate surface area is 190 Å². The first-order valence-corrected chi connectivity index (χ1v) is 12.4. The van der Waals surface area contributed by atoms with Gasteiger partial charge in [0.05, 0.1) is 11.1 Å². The summed E-state index contributed by atoms with van der Waals surface area (Å²) in [6.07, 6.45) is 13.7. The van der Waals surface area contributed by atoms with E-state index < -0.39 is 0 Å². The SMILES string of the molecule is C/C(=C\CN1C(=O)c2ccccc2C1=O)CCCC(C)CCCC(C)CCCC(C)C. The molecule has 1 aromatic rings. The average Bonchev–Trinajstić information content (AvgIpc) is 2.96. The quantitative estimate of drug-likeness (QED) is 0.226. The van der Waals surface area contributed by atoms with Crippen molar-refractivity contribution in [2.24, 2.45) is 17.8 Å². The Kier molecular flexibility index (Phi) is 10.5. The van der Waals surface area contributed by atoms with E-state index in [1.165, 1.54) is 61.8 Å². The first kappa shape index (κ1) is 25.4. The van der Waals surface area contributed by atoms with Crippen LogP contribution in [-0.4, -0.2) is 23.3 Å². The lowest BCUT2D eigenvalue weighted by atomic mass is 9.91. The summed E-state index contributed by atoms with van der Waals surface area (Å²) in [7, 11) is 0. The second kappa shape index (κ2) is 12.8. The minimum Gasteiger partial charge on any atom is -0.270 e. The first-order valence-electron chi connectivity index (χ1n) is 12.4. The maximum atomic E-state index is 12.4. The minimum absolute atomic E-state index is 0.170. The summed E-state index contributed by atoms with van der Waals surface area (Å²) in [5.74, 6) is 2.12. The normalized spacial score (nSPS) is 16.2. The number of carbonyl (C=O) groups is 2. The van der Waals surface area contributed by atoms with Crippen molar-refractivity contribution < 1.29 is 9.59 Å². The summed E-state index contributed by atoms with van der Waals surface area (Å²) in [5, 5.41) is 0. The molecule has 0 saturated heterocycles. The minimum atomic E-state index is -0.170. The van der Waals surface area contributed by atoms with E-state index in [9.17, 15) is 9.59 Å². The van der Waals surface area contributed by atoms with Gasteiger partial charge in [0.2, 0.25) is 0 Å². The van der Waals surface area contributed by atoms with Crippen LogP contribution >= 0.6 is 0 Å². The molecule has 1 aliphatic rings. The van der Waals surface area contributed by atoms with Crippen LogP contribution in [0.1, 0.15) is 113 Å². The Bertz CT molecular complexity index is 714. The van der Waals surface area contributed by atoms with Crippen LogP contribution in [0.2, 0.25) is 0 Å². The smallest absolute Gasteiger partial charge is 0.261 e. The molecule has 3 heteroatoms. The third kappa shape index (κ3) is 8.27. The molecule has 3 nitrogen and oxygen atoms in total. The molecule has 0 radical (unpaired) electrons. The van der Waals surface area contributed by atoms with E-state index in [1.54, 1.807) is 12.1 Å². The number of hydrogen-bond donors (Lipinski definition) is 0. The summed E-state index contributed by atoms with van der Waals surface area (Å²) in [4.78, 5) is 26.2. The van der Waals surface area contributed by atoms with Gasteiger partial charge in [0.1, 0.15) is 0 Å². The van der Waals surface area contributed by atoms with E-state index in [-0.39, 0.29) is 11.8 Å². The number of benzene rings is 1. The largest absolute Gasteiger partial charge is 0.270 e. The van der Waals surface area contributed by atoms with E-state index in [2.05, 4.69) is 34.6 Å². The monoisotopic (exact) mass is 425 g/mol. The van der Waals surface area contributed by atoms with Crippen LogP contribution in [0, 0.1) is 17.8 Å². The van der Waals surface area contributed by atoms with E-state index >= 15 is 0 Å². The fourth-order valence-corrected chi connectivity index (χ4v) is 4.46. The van der Waals surface area contributed by atoms with Crippen LogP contribution in [0.5, 0.6) is 0 Å². The summed E-state index contributed by atoms with van der Waals surface area (Å²) < 4.78 is 0. The van der Waals surface area contributed by atoms with Crippen LogP contribution in [0.3, 0.4) is 0 Å². The van der Waals surface area contributed by atoms with Gasteiger partial charge in [-0.25, -0.2) is 0 Å².